The number of benzene rings is 2. The third-order valence-corrected chi connectivity index (χ3v) is 9.62. The van der Waals surface area contributed by atoms with Gasteiger partial charge >= 0.3 is 0 Å². The number of carbonyl (C=O) groups is 2. The number of nitrogens with zero attached hydrogens (tertiary/aromatic N) is 5. The first-order valence-electron chi connectivity index (χ1n) is 16.2. The Labute approximate surface area is 266 Å². The lowest BCUT2D eigenvalue weighted by Crippen LogP contribution is -2.63. The standard InChI is InChI=1S/C36H45FN6O2/c1-25-20-42(31(19-38-25)22-40-14-15-41(21-26(40)2)35(45)29-8-6-5-7-9-29)23-33(44)43-24-36(3,4)34-32(43)17-28(18-39-34)16-27-10-12-30(37)13-11-27/h5-13,17-18,25-26,31,38H,14-16,19-24H2,1-4H3/t25?,26?,31-/m1/s1. The molecule has 2 saturated heterocycles. The molecule has 2 aromatic carbocycles. The van der Waals surface area contributed by atoms with E-state index in [1.807, 2.05) is 46.3 Å². The van der Waals surface area contributed by atoms with Crippen LogP contribution < -0.4 is 10.2 Å². The molecule has 1 N–H and O–H groups in total. The quantitative estimate of drug-likeness (QED) is 0.436. The smallest absolute Gasteiger partial charge is 0.253 e. The number of piperazine rings is 2. The van der Waals surface area contributed by atoms with Gasteiger partial charge in [-0.1, -0.05) is 44.2 Å². The Balaban J connectivity index is 1.13. The molecule has 0 bridgehead atoms. The Kier molecular flexibility index (Phi) is 9.04. The fourth-order valence-corrected chi connectivity index (χ4v) is 7.08. The van der Waals surface area contributed by atoms with E-state index >= 15 is 0 Å². The highest BCUT2D eigenvalue weighted by Gasteiger charge is 2.41. The lowest BCUT2D eigenvalue weighted by atomic mass is 9.91. The number of nitrogens with one attached hydrogen (secondary N) is 1. The van der Waals surface area contributed by atoms with Crippen LogP contribution in [0.1, 0.15) is 54.9 Å². The molecular formula is C36H45FN6O2. The van der Waals surface area contributed by atoms with Crippen molar-refractivity contribution < 1.29 is 14.0 Å². The fraction of sp³-hybridized carbons (Fsp3) is 0.472. The highest BCUT2D eigenvalue weighted by Crippen LogP contribution is 2.40. The minimum atomic E-state index is -0.250. The van der Waals surface area contributed by atoms with Gasteiger partial charge < -0.3 is 15.1 Å². The van der Waals surface area contributed by atoms with E-state index in [4.69, 9.17) is 4.98 Å². The minimum Gasteiger partial charge on any atom is -0.336 e. The zero-order valence-corrected chi connectivity index (χ0v) is 26.9. The van der Waals surface area contributed by atoms with Crippen LogP contribution in [0.4, 0.5) is 10.1 Å². The van der Waals surface area contributed by atoms with E-state index in [1.54, 1.807) is 12.1 Å². The topological polar surface area (TPSA) is 72.0 Å². The molecule has 0 saturated carbocycles. The number of aromatic nitrogens is 1. The lowest BCUT2D eigenvalue weighted by Gasteiger charge is -2.45. The molecule has 2 fully saturated rings. The van der Waals surface area contributed by atoms with Crippen molar-refractivity contribution in [2.45, 2.75) is 57.7 Å². The SMILES string of the molecule is CC1CN(CC(=O)N2CC(C)(C)c3ncc(Cc4ccc(F)cc4)cc32)[C@@H](CN2CCN(C(=O)c3ccccc3)CC2C)CN1. The molecule has 3 aliphatic heterocycles. The number of pyridine rings is 1. The number of hydrogen-bond donors (Lipinski definition) is 1. The maximum absolute atomic E-state index is 14.1. The van der Waals surface area contributed by atoms with Gasteiger partial charge in [-0.05, 0) is 61.7 Å². The normalized spacial score (nSPS) is 23.6. The van der Waals surface area contributed by atoms with Gasteiger partial charge in [0.2, 0.25) is 5.91 Å². The van der Waals surface area contributed by atoms with Gasteiger partial charge in [0.25, 0.3) is 5.91 Å². The molecule has 2 unspecified atom stereocenters. The molecule has 1 aromatic heterocycles. The van der Waals surface area contributed by atoms with Crippen molar-refractivity contribution in [1.82, 2.24) is 25.0 Å². The summed E-state index contributed by atoms with van der Waals surface area (Å²) in [5, 5.41) is 3.63. The van der Waals surface area contributed by atoms with E-state index in [0.29, 0.717) is 32.6 Å². The maximum Gasteiger partial charge on any atom is 0.253 e. The lowest BCUT2D eigenvalue weighted by molar-refractivity contribution is -0.121. The van der Waals surface area contributed by atoms with Gasteiger partial charge in [0.15, 0.2) is 0 Å². The maximum atomic E-state index is 14.1. The summed E-state index contributed by atoms with van der Waals surface area (Å²) in [4.78, 5) is 40.7. The van der Waals surface area contributed by atoms with E-state index < -0.39 is 0 Å². The number of fused-ring (bicyclic) bond motifs is 1. The van der Waals surface area contributed by atoms with Gasteiger partial charge in [0.05, 0.1) is 17.9 Å². The molecule has 2 amide bonds. The van der Waals surface area contributed by atoms with Crippen molar-refractivity contribution in [2.75, 3.05) is 57.3 Å². The summed E-state index contributed by atoms with van der Waals surface area (Å²) in [5.41, 5.74) is 4.33. The molecule has 3 aromatic rings. The number of amides is 2. The molecule has 6 rings (SSSR count). The zero-order valence-electron chi connectivity index (χ0n) is 26.9. The summed E-state index contributed by atoms with van der Waals surface area (Å²) < 4.78 is 13.4. The average molecular weight is 613 g/mol. The van der Waals surface area contributed by atoms with Gasteiger partial charge in [-0.3, -0.25) is 24.4 Å². The first-order valence-corrected chi connectivity index (χ1v) is 16.2. The summed E-state index contributed by atoms with van der Waals surface area (Å²) in [5.74, 6) is -0.0700. The van der Waals surface area contributed by atoms with Gasteiger partial charge in [-0.15, -0.1) is 0 Å². The molecule has 4 heterocycles. The Morgan fingerprint density at radius 2 is 1.73 bits per heavy atom. The zero-order chi connectivity index (χ0) is 31.7. The van der Waals surface area contributed by atoms with E-state index in [9.17, 15) is 14.0 Å². The first kappa shape index (κ1) is 31.3. The second kappa shape index (κ2) is 13.0. The Morgan fingerprint density at radius 3 is 2.47 bits per heavy atom. The van der Waals surface area contributed by atoms with Crippen molar-refractivity contribution in [1.29, 1.82) is 0 Å². The van der Waals surface area contributed by atoms with Gasteiger partial charge in [0.1, 0.15) is 5.82 Å². The summed E-state index contributed by atoms with van der Waals surface area (Å²) in [6.07, 6.45) is 2.52. The molecule has 0 spiro atoms. The van der Waals surface area contributed by atoms with Crippen molar-refractivity contribution in [3.05, 3.63) is 95.1 Å². The number of anilines is 1. The number of halogens is 1. The summed E-state index contributed by atoms with van der Waals surface area (Å²) >= 11 is 0. The van der Waals surface area contributed by atoms with Crippen LogP contribution >= 0.6 is 0 Å². The summed E-state index contributed by atoms with van der Waals surface area (Å²) in [6.45, 7) is 14.2. The fourth-order valence-electron chi connectivity index (χ4n) is 7.08. The molecule has 238 valence electrons. The molecule has 0 aliphatic carbocycles. The van der Waals surface area contributed by atoms with Gasteiger partial charge in [-0.25, -0.2) is 4.39 Å². The first-order chi connectivity index (χ1) is 21.6. The van der Waals surface area contributed by atoms with E-state index in [2.05, 4.69) is 48.9 Å². The van der Waals surface area contributed by atoms with E-state index in [0.717, 1.165) is 54.3 Å². The summed E-state index contributed by atoms with van der Waals surface area (Å²) in [6, 6.07) is 18.8. The Hall–Kier alpha value is -3.66. The van der Waals surface area contributed by atoms with Crippen LogP contribution in [0.3, 0.4) is 0 Å². The van der Waals surface area contributed by atoms with Crippen molar-refractivity contribution in [3.8, 4) is 0 Å². The second-order valence-electron chi connectivity index (χ2n) is 13.7. The van der Waals surface area contributed by atoms with Crippen molar-refractivity contribution in [3.63, 3.8) is 0 Å². The average Bonchev–Trinajstić information content (AvgIpc) is 3.30. The third kappa shape index (κ3) is 6.95. The van der Waals surface area contributed by atoms with Crippen LogP contribution in [0.5, 0.6) is 0 Å². The molecule has 9 heteroatoms. The largest absolute Gasteiger partial charge is 0.336 e. The van der Waals surface area contributed by atoms with Crippen molar-refractivity contribution in [2.24, 2.45) is 0 Å². The summed E-state index contributed by atoms with van der Waals surface area (Å²) in [7, 11) is 0. The predicted octanol–water partition coefficient (Wildman–Crippen LogP) is 3.94. The molecule has 45 heavy (non-hydrogen) atoms. The highest BCUT2D eigenvalue weighted by atomic mass is 19.1. The van der Waals surface area contributed by atoms with Crippen LogP contribution in [0.25, 0.3) is 0 Å². The monoisotopic (exact) mass is 612 g/mol. The minimum absolute atomic E-state index is 0.0895. The van der Waals surface area contributed by atoms with Crippen LogP contribution in [0.15, 0.2) is 66.9 Å². The van der Waals surface area contributed by atoms with Crippen LogP contribution in [0.2, 0.25) is 0 Å². The second-order valence-corrected chi connectivity index (χ2v) is 13.7. The molecular weight excluding hydrogens is 567 g/mol. The van der Waals surface area contributed by atoms with Gasteiger partial charge in [-0.2, -0.15) is 0 Å². The number of carbonyl (C=O) groups excluding carboxylic acids is 2. The molecule has 3 aliphatic rings. The molecule has 0 radical (unpaired) electrons. The Bertz CT molecular complexity index is 1510. The van der Waals surface area contributed by atoms with Crippen LogP contribution in [-0.4, -0.2) is 102 Å². The number of hydrogen-bond acceptors (Lipinski definition) is 6. The van der Waals surface area contributed by atoms with E-state index in [1.165, 1.54) is 12.1 Å². The predicted molar refractivity (Wildman–Crippen MR) is 175 cm³/mol. The van der Waals surface area contributed by atoms with Gasteiger partial charge in [0, 0.05) is 81.1 Å². The van der Waals surface area contributed by atoms with Crippen LogP contribution in [0, 0.1) is 5.82 Å². The highest BCUT2D eigenvalue weighted by molar-refractivity contribution is 5.97. The third-order valence-electron chi connectivity index (χ3n) is 9.62. The van der Waals surface area contributed by atoms with Crippen LogP contribution in [-0.2, 0) is 16.6 Å². The van der Waals surface area contributed by atoms with Crippen molar-refractivity contribution >= 4 is 17.5 Å². The Morgan fingerprint density at radius 1 is 0.978 bits per heavy atom. The molecule has 8 nitrogen and oxygen atoms in total. The number of rotatable bonds is 7. The van der Waals surface area contributed by atoms with E-state index in [-0.39, 0.29) is 41.2 Å². The molecule has 3 atom stereocenters.